The van der Waals surface area contributed by atoms with Crippen LogP contribution < -0.4 is 11.1 Å². The first-order chi connectivity index (χ1) is 8.15. The standard InChI is InChI=1S/C12H24N4O/c1-15-7-2-4-12(10-15,11(13)17)16-8-3-5-14-6-9-16/h14H,2-10H2,1H3,(H2,13,17). The van der Waals surface area contributed by atoms with Crippen molar-refractivity contribution in [3.05, 3.63) is 0 Å². The van der Waals surface area contributed by atoms with Crippen molar-refractivity contribution in [2.75, 3.05) is 46.3 Å². The second-order valence-electron chi connectivity index (χ2n) is 5.33. The largest absolute Gasteiger partial charge is 0.368 e. The van der Waals surface area contributed by atoms with Crippen molar-refractivity contribution in [3.8, 4) is 0 Å². The molecule has 5 heteroatoms. The zero-order valence-electron chi connectivity index (χ0n) is 10.7. The van der Waals surface area contributed by atoms with E-state index in [1.807, 2.05) is 0 Å². The van der Waals surface area contributed by atoms with Crippen LogP contribution in [0.15, 0.2) is 0 Å². The van der Waals surface area contributed by atoms with Gasteiger partial charge in [-0.3, -0.25) is 9.69 Å². The van der Waals surface area contributed by atoms with Gasteiger partial charge in [-0.15, -0.1) is 0 Å². The summed E-state index contributed by atoms with van der Waals surface area (Å²) in [6, 6.07) is 0. The van der Waals surface area contributed by atoms with E-state index in [9.17, 15) is 4.79 Å². The van der Waals surface area contributed by atoms with Crippen LogP contribution in [0.2, 0.25) is 0 Å². The van der Waals surface area contributed by atoms with Crippen LogP contribution in [0.5, 0.6) is 0 Å². The van der Waals surface area contributed by atoms with Crippen LogP contribution in [0.1, 0.15) is 19.3 Å². The summed E-state index contributed by atoms with van der Waals surface area (Å²) < 4.78 is 0. The molecule has 0 aliphatic carbocycles. The van der Waals surface area contributed by atoms with Crippen molar-refractivity contribution < 1.29 is 4.79 Å². The van der Waals surface area contributed by atoms with E-state index in [0.717, 1.165) is 58.5 Å². The second kappa shape index (κ2) is 5.33. The fourth-order valence-corrected chi connectivity index (χ4v) is 3.13. The highest BCUT2D eigenvalue weighted by Gasteiger charge is 2.44. The molecule has 1 unspecified atom stereocenters. The number of amides is 1. The number of carbonyl (C=O) groups excluding carboxylic acids is 1. The topological polar surface area (TPSA) is 61.6 Å². The number of likely N-dealkylation sites (N-methyl/N-ethyl adjacent to an activating group) is 1. The van der Waals surface area contributed by atoms with Crippen LogP contribution in [0.3, 0.4) is 0 Å². The van der Waals surface area contributed by atoms with Gasteiger partial charge in [-0.25, -0.2) is 0 Å². The Morgan fingerprint density at radius 1 is 1.24 bits per heavy atom. The lowest BCUT2D eigenvalue weighted by atomic mass is 9.86. The number of piperidine rings is 1. The third-order valence-electron chi connectivity index (χ3n) is 4.07. The van der Waals surface area contributed by atoms with E-state index < -0.39 is 5.54 Å². The summed E-state index contributed by atoms with van der Waals surface area (Å²) in [4.78, 5) is 16.5. The first-order valence-electron chi connectivity index (χ1n) is 6.59. The van der Waals surface area contributed by atoms with Gasteiger partial charge >= 0.3 is 0 Å². The van der Waals surface area contributed by atoms with Gasteiger partial charge in [-0.1, -0.05) is 0 Å². The summed E-state index contributed by atoms with van der Waals surface area (Å²) in [6.45, 7) is 5.75. The molecule has 1 atom stereocenters. The SMILES string of the molecule is CN1CCCC(C(N)=O)(N2CCCNCC2)C1. The number of nitrogens with zero attached hydrogens (tertiary/aromatic N) is 2. The molecule has 17 heavy (non-hydrogen) atoms. The van der Waals surface area contributed by atoms with Crippen LogP contribution >= 0.6 is 0 Å². The average Bonchev–Trinajstić information content (AvgIpc) is 2.57. The third kappa shape index (κ3) is 2.61. The molecule has 0 aromatic rings. The third-order valence-corrected chi connectivity index (χ3v) is 4.07. The Labute approximate surface area is 103 Å². The molecule has 1 amide bonds. The van der Waals surface area contributed by atoms with Crippen LogP contribution in [0.25, 0.3) is 0 Å². The van der Waals surface area contributed by atoms with E-state index in [4.69, 9.17) is 5.73 Å². The molecule has 3 N–H and O–H groups in total. The smallest absolute Gasteiger partial charge is 0.239 e. The van der Waals surface area contributed by atoms with Gasteiger partial charge in [0, 0.05) is 26.2 Å². The highest BCUT2D eigenvalue weighted by Crippen LogP contribution is 2.27. The molecular formula is C12H24N4O. The number of hydrogen-bond acceptors (Lipinski definition) is 4. The van der Waals surface area contributed by atoms with Gasteiger partial charge in [0.2, 0.25) is 5.91 Å². The zero-order valence-corrected chi connectivity index (χ0v) is 10.7. The Hall–Kier alpha value is -0.650. The van der Waals surface area contributed by atoms with Crippen LogP contribution in [-0.2, 0) is 4.79 Å². The number of rotatable bonds is 2. The van der Waals surface area contributed by atoms with Crippen LogP contribution in [0.4, 0.5) is 0 Å². The lowest BCUT2D eigenvalue weighted by Crippen LogP contribution is -2.65. The minimum Gasteiger partial charge on any atom is -0.368 e. The molecule has 2 saturated heterocycles. The fourth-order valence-electron chi connectivity index (χ4n) is 3.13. The number of nitrogens with one attached hydrogen (secondary N) is 1. The van der Waals surface area contributed by atoms with Gasteiger partial charge in [0.25, 0.3) is 0 Å². The van der Waals surface area contributed by atoms with Crippen molar-refractivity contribution >= 4 is 5.91 Å². The van der Waals surface area contributed by atoms with Crippen molar-refractivity contribution in [1.82, 2.24) is 15.1 Å². The van der Waals surface area contributed by atoms with E-state index in [2.05, 4.69) is 22.2 Å². The normalized spacial score (nSPS) is 33.2. The summed E-state index contributed by atoms with van der Waals surface area (Å²) in [6.07, 6.45) is 3.06. The van der Waals surface area contributed by atoms with E-state index in [0.29, 0.717) is 0 Å². The summed E-state index contributed by atoms with van der Waals surface area (Å²) in [5.74, 6) is -0.147. The molecule has 0 spiro atoms. The number of primary amides is 1. The lowest BCUT2D eigenvalue weighted by Gasteiger charge is -2.46. The van der Waals surface area contributed by atoms with Gasteiger partial charge in [0.05, 0.1) is 0 Å². The molecule has 0 radical (unpaired) electrons. The fraction of sp³-hybridized carbons (Fsp3) is 0.917. The zero-order chi connectivity index (χ0) is 12.3. The Bertz CT molecular complexity index is 276. The van der Waals surface area contributed by atoms with Gasteiger partial charge < -0.3 is 16.0 Å². The van der Waals surface area contributed by atoms with Gasteiger partial charge in [-0.05, 0) is 39.4 Å². The van der Waals surface area contributed by atoms with Crippen LogP contribution in [0, 0.1) is 0 Å². The Morgan fingerprint density at radius 2 is 2.06 bits per heavy atom. The predicted molar refractivity (Wildman–Crippen MR) is 67.7 cm³/mol. The maximum absolute atomic E-state index is 12.0. The molecule has 2 aliphatic heterocycles. The number of carbonyl (C=O) groups is 1. The van der Waals surface area contributed by atoms with E-state index in [-0.39, 0.29) is 5.91 Å². The maximum atomic E-state index is 12.0. The Kier molecular flexibility index (Phi) is 4.01. The molecule has 0 aromatic carbocycles. The Morgan fingerprint density at radius 3 is 2.76 bits per heavy atom. The number of hydrogen-bond donors (Lipinski definition) is 2. The lowest BCUT2D eigenvalue weighted by molar-refractivity contribution is -0.134. The maximum Gasteiger partial charge on any atom is 0.239 e. The quantitative estimate of drug-likeness (QED) is 0.665. The van der Waals surface area contributed by atoms with E-state index in [1.165, 1.54) is 0 Å². The monoisotopic (exact) mass is 240 g/mol. The molecule has 0 saturated carbocycles. The van der Waals surface area contributed by atoms with Crippen molar-refractivity contribution in [1.29, 1.82) is 0 Å². The van der Waals surface area contributed by atoms with E-state index in [1.54, 1.807) is 0 Å². The van der Waals surface area contributed by atoms with Gasteiger partial charge in [-0.2, -0.15) is 0 Å². The molecule has 2 heterocycles. The Balaban J connectivity index is 2.16. The molecule has 2 rings (SSSR count). The van der Waals surface area contributed by atoms with Crippen molar-refractivity contribution in [2.24, 2.45) is 5.73 Å². The molecule has 98 valence electrons. The highest BCUT2D eigenvalue weighted by molar-refractivity contribution is 5.85. The first-order valence-corrected chi connectivity index (χ1v) is 6.59. The summed E-state index contributed by atoms with van der Waals surface area (Å²) in [7, 11) is 2.08. The van der Waals surface area contributed by atoms with Crippen LogP contribution in [-0.4, -0.2) is 67.6 Å². The summed E-state index contributed by atoms with van der Waals surface area (Å²) in [5, 5.41) is 3.38. The number of nitrogens with two attached hydrogens (primary N) is 1. The first kappa shape index (κ1) is 12.8. The van der Waals surface area contributed by atoms with Crippen molar-refractivity contribution in [3.63, 3.8) is 0 Å². The average molecular weight is 240 g/mol. The molecule has 5 nitrogen and oxygen atoms in total. The molecule has 0 aromatic heterocycles. The van der Waals surface area contributed by atoms with Crippen molar-refractivity contribution in [2.45, 2.75) is 24.8 Å². The van der Waals surface area contributed by atoms with E-state index >= 15 is 0 Å². The van der Waals surface area contributed by atoms with Gasteiger partial charge in [0.15, 0.2) is 0 Å². The molecule has 2 aliphatic rings. The number of likely N-dealkylation sites (tertiary alicyclic amines) is 1. The second-order valence-corrected chi connectivity index (χ2v) is 5.33. The predicted octanol–water partition coefficient (Wildman–Crippen LogP) is -0.769. The molecule has 2 fully saturated rings. The van der Waals surface area contributed by atoms with Gasteiger partial charge in [0.1, 0.15) is 5.54 Å². The molecule has 0 bridgehead atoms. The minimum absolute atomic E-state index is 0.147. The molecular weight excluding hydrogens is 216 g/mol. The minimum atomic E-state index is -0.432. The summed E-state index contributed by atoms with van der Waals surface area (Å²) in [5.41, 5.74) is 5.29. The highest BCUT2D eigenvalue weighted by atomic mass is 16.1. The summed E-state index contributed by atoms with van der Waals surface area (Å²) >= 11 is 0.